The molecule has 6 nitrogen and oxygen atoms in total. The Kier molecular flexibility index (Phi) is 27.2. The molecule has 2 N–H and O–H groups in total. The monoisotopic (exact) mass is 538 g/mol. The third-order valence-electron chi connectivity index (χ3n) is 7.16. The Balaban J connectivity index is 3.91. The minimum atomic E-state index is -0.598. The van der Waals surface area contributed by atoms with E-state index in [4.69, 9.17) is 4.74 Å². The van der Waals surface area contributed by atoms with Crippen LogP contribution in [-0.4, -0.2) is 37.0 Å². The lowest BCUT2D eigenvalue weighted by Crippen LogP contribution is -2.41. The lowest BCUT2D eigenvalue weighted by atomic mass is 10.1. The number of hydrogen-bond donors (Lipinski definition) is 2. The number of carbonyl (C=O) groups is 3. The average Bonchev–Trinajstić information content (AvgIpc) is 2.90. The summed E-state index contributed by atoms with van der Waals surface area (Å²) < 4.78 is 5.17. The Morgan fingerprint density at radius 1 is 0.553 bits per heavy atom. The molecule has 0 heterocycles. The Morgan fingerprint density at radius 3 is 1.47 bits per heavy atom. The van der Waals surface area contributed by atoms with Gasteiger partial charge in [0.25, 0.3) is 0 Å². The lowest BCUT2D eigenvalue weighted by Gasteiger charge is -2.17. The van der Waals surface area contributed by atoms with Crippen molar-refractivity contribution in [3.05, 3.63) is 0 Å². The van der Waals surface area contributed by atoms with Crippen molar-refractivity contribution in [1.82, 2.24) is 10.6 Å². The third kappa shape index (κ3) is 24.7. The van der Waals surface area contributed by atoms with Crippen LogP contribution in [0.25, 0.3) is 0 Å². The van der Waals surface area contributed by atoms with E-state index in [-0.39, 0.29) is 17.8 Å². The van der Waals surface area contributed by atoms with Crippen LogP contribution in [0.5, 0.6) is 0 Å². The summed E-state index contributed by atoms with van der Waals surface area (Å²) in [5, 5.41) is 5.88. The van der Waals surface area contributed by atoms with Crippen LogP contribution in [0.4, 0.5) is 0 Å². The van der Waals surface area contributed by atoms with E-state index in [1.54, 1.807) is 6.92 Å². The quantitative estimate of drug-likeness (QED) is 0.0777. The summed E-state index contributed by atoms with van der Waals surface area (Å²) in [5.74, 6) is -0.313. The number of esters is 1. The fraction of sp³-hybridized carbons (Fsp3) is 0.906. The van der Waals surface area contributed by atoms with E-state index < -0.39 is 6.04 Å². The standard InChI is InChI=1S/C32H62N2O4/c1-4-7-9-11-13-15-17-19-21-26-30(35)33-28-24-23-25-29(32(37)38-6-3)34-31(36)27-22-20-18-16-14-12-10-8-5-2/h29H,4-28H2,1-3H3,(H,33,35)(H,34,36). The van der Waals surface area contributed by atoms with Crippen molar-refractivity contribution >= 4 is 17.8 Å². The topological polar surface area (TPSA) is 84.5 Å². The molecule has 1 atom stereocenters. The van der Waals surface area contributed by atoms with Crippen molar-refractivity contribution in [1.29, 1.82) is 0 Å². The van der Waals surface area contributed by atoms with Gasteiger partial charge in [-0.25, -0.2) is 4.79 Å². The fourth-order valence-corrected chi connectivity index (χ4v) is 4.74. The number of nitrogens with one attached hydrogen (secondary N) is 2. The highest BCUT2D eigenvalue weighted by atomic mass is 16.5. The van der Waals surface area contributed by atoms with Crippen LogP contribution < -0.4 is 10.6 Å². The van der Waals surface area contributed by atoms with Gasteiger partial charge in [0, 0.05) is 19.4 Å². The highest BCUT2D eigenvalue weighted by Crippen LogP contribution is 2.12. The van der Waals surface area contributed by atoms with Crippen LogP contribution in [0.3, 0.4) is 0 Å². The van der Waals surface area contributed by atoms with Gasteiger partial charge in [-0.1, -0.05) is 117 Å². The maximum atomic E-state index is 12.4. The predicted octanol–water partition coefficient (Wildman–Crippen LogP) is 8.16. The number of hydrogen-bond acceptors (Lipinski definition) is 4. The number of amides is 2. The number of rotatable bonds is 28. The molecule has 6 heteroatoms. The van der Waals surface area contributed by atoms with E-state index in [0.717, 1.165) is 38.5 Å². The molecule has 0 aromatic heterocycles. The molecule has 38 heavy (non-hydrogen) atoms. The van der Waals surface area contributed by atoms with Gasteiger partial charge in [-0.05, 0) is 39.0 Å². The Hall–Kier alpha value is -1.59. The van der Waals surface area contributed by atoms with Crippen molar-refractivity contribution in [2.45, 2.75) is 174 Å². The Bertz CT molecular complexity index is 568. The largest absolute Gasteiger partial charge is 0.464 e. The summed E-state index contributed by atoms with van der Waals surface area (Å²) in [6, 6.07) is -0.598. The molecule has 0 bridgehead atoms. The van der Waals surface area contributed by atoms with Gasteiger partial charge in [0.2, 0.25) is 11.8 Å². The smallest absolute Gasteiger partial charge is 0.328 e. The molecule has 1 unspecified atom stereocenters. The van der Waals surface area contributed by atoms with Gasteiger partial charge in [-0.15, -0.1) is 0 Å². The van der Waals surface area contributed by atoms with Crippen molar-refractivity contribution in [2.24, 2.45) is 0 Å². The van der Waals surface area contributed by atoms with E-state index >= 15 is 0 Å². The molecular weight excluding hydrogens is 476 g/mol. The van der Waals surface area contributed by atoms with Gasteiger partial charge in [-0.3, -0.25) is 9.59 Å². The van der Waals surface area contributed by atoms with Crippen LogP contribution in [0.15, 0.2) is 0 Å². The second kappa shape index (κ2) is 28.4. The summed E-state index contributed by atoms with van der Waals surface area (Å²) in [7, 11) is 0. The lowest BCUT2D eigenvalue weighted by molar-refractivity contribution is -0.147. The average molecular weight is 539 g/mol. The molecule has 0 rings (SSSR count). The maximum absolute atomic E-state index is 12.4. The van der Waals surface area contributed by atoms with Crippen LogP contribution in [-0.2, 0) is 19.1 Å². The van der Waals surface area contributed by atoms with Crippen LogP contribution in [0.1, 0.15) is 168 Å². The second-order valence-electron chi connectivity index (χ2n) is 10.9. The van der Waals surface area contributed by atoms with Crippen molar-refractivity contribution in [3.8, 4) is 0 Å². The molecular formula is C32H62N2O4. The van der Waals surface area contributed by atoms with Gasteiger partial charge in [-0.2, -0.15) is 0 Å². The molecule has 0 radical (unpaired) electrons. The van der Waals surface area contributed by atoms with Gasteiger partial charge in [0.1, 0.15) is 6.04 Å². The van der Waals surface area contributed by atoms with E-state index in [1.165, 1.54) is 89.9 Å². The zero-order valence-electron chi connectivity index (χ0n) is 25.4. The molecule has 0 saturated heterocycles. The molecule has 224 valence electrons. The summed E-state index contributed by atoms with van der Waals surface area (Å²) >= 11 is 0. The Morgan fingerprint density at radius 2 is 1.00 bits per heavy atom. The van der Waals surface area contributed by atoms with E-state index in [0.29, 0.717) is 32.4 Å². The molecule has 0 aliphatic heterocycles. The van der Waals surface area contributed by atoms with Crippen LogP contribution >= 0.6 is 0 Å². The van der Waals surface area contributed by atoms with Crippen LogP contribution in [0, 0.1) is 0 Å². The first-order valence-electron chi connectivity index (χ1n) is 16.3. The highest BCUT2D eigenvalue weighted by Gasteiger charge is 2.21. The first kappa shape index (κ1) is 36.4. The molecule has 2 amide bonds. The maximum Gasteiger partial charge on any atom is 0.328 e. The first-order chi connectivity index (χ1) is 18.5. The number of carbonyl (C=O) groups excluding carboxylic acids is 3. The summed E-state index contributed by atoms with van der Waals surface area (Å²) in [4.78, 5) is 36.8. The minimum absolute atomic E-state index is 0.0692. The summed E-state index contributed by atoms with van der Waals surface area (Å²) in [5.41, 5.74) is 0. The van der Waals surface area contributed by atoms with Gasteiger partial charge in [0.05, 0.1) is 6.61 Å². The van der Waals surface area contributed by atoms with Crippen LogP contribution in [0.2, 0.25) is 0 Å². The number of ether oxygens (including phenoxy) is 1. The SMILES string of the molecule is CCCCCCCCCCCC(=O)NCCCCC(NC(=O)CCCCCCCCCCC)C(=O)OCC. The van der Waals surface area contributed by atoms with Gasteiger partial charge >= 0.3 is 5.97 Å². The van der Waals surface area contributed by atoms with E-state index in [9.17, 15) is 14.4 Å². The van der Waals surface area contributed by atoms with E-state index in [2.05, 4.69) is 24.5 Å². The molecule has 0 saturated carbocycles. The first-order valence-corrected chi connectivity index (χ1v) is 16.3. The normalized spacial score (nSPS) is 11.8. The van der Waals surface area contributed by atoms with Gasteiger partial charge in [0.15, 0.2) is 0 Å². The van der Waals surface area contributed by atoms with Crippen molar-refractivity contribution in [2.75, 3.05) is 13.2 Å². The second-order valence-corrected chi connectivity index (χ2v) is 10.9. The molecule has 0 spiro atoms. The molecule has 0 aromatic rings. The molecule has 0 fully saturated rings. The fourth-order valence-electron chi connectivity index (χ4n) is 4.74. The van der Waals surface area contributed by atoms with E-state index in [1.807, 2.05) is 0 Å². The minimum Gasteiger partial charge on any atom is -0.464 e. The molecule has 0 aliphatic rings. The summed E-state index contributed by atoms with van der Waals surface area (Å²) in [6.45, 7) is 7.17. The molecule has 0 aromatic carbocycles. The zero-order chi connectivity index (χ0) is 28.1. The zero-order valence-corrected chi connectivity index (χ0v) is 25.4. The molecule has 0 aliphatic carbocycles. The Labute approximate surface area is 235 Å². The van der Waals surface area contributed by atoms with Crippen molar-refractivity contribution < 1.29 is 19.1 Å². The van der Waals surface area contributed by atoms with Gasteiger partial charge < -0.3 is 15.4 Å². The third-order valence-corrected chi connectivity index (χ3v) is 7.16. The number of unbranched alkanes of at least 4 members (excludes halogenated alkanes) is 17. The highest BCUT2D eigenvalue weighted by molar-refractivity contribution is 5.84. The predicted molar refractivity (Wildman–Crippen MR) is 159 cm³/mol. The summed E-state index contributed by atoms with van der Waals surface area (Å²) in [6.07, 6.45) is 25.2. The van der Waals surface area contributed by atoms with Crippen molar-refractivity contribution in [3.63, 3.8) is 0 Å².